The highest BCUT2D eigenvalue weighted by atomic mass is 32.2. The molecule has 0 saturated heterocycles. The number of hydrazone groups is 1. The number of carbonyl (C=O) groups excluding carboxylic acids is 1. The zero-order chi connectivity index (χ0) is 30.5. The van der Waals surface area contributed by atoms with Gasteiger partial charge in [0.25, 0.3) is 10.0 Å². The van der Waals surface area contributed by atoms with Crippen molar-refractivity contribution in [3.05, 3.63) is 126 Å². The zero-order valence-corrected chi connectivity index (χ0v) is 25.7. The molecule has 0 heterocycles. The first kappa shape index (κ1) is 30.2. The van der Waals surface area contributed by atoms with E-state index in [0.717, 1.165) is 36.8 Å². The quantitative estimate of drug-likeness (QED) is 0.124. The molecule has 1 aliphatic carbocycles. The summed E-state index contributed by atoms with van der Waals surface area (Å²) in [6.45, 7) is 6.30. The van der Waals surface area contributed by atoms with Gasteiger partial charge in [0, 0.05) is 11.5 Å². The van der Waals surface area contributed by atoms with Gasteiger partial charge in [-0.25, -0.2) is 4.79 Å². The summed E-state index contributed by atoms with van der Waals surface area (Å²) in [4.78, 5) is 16.1. The van der Waals surface area contributed by atoms with Crippen LogP contribution in [0.25, 0.3) is 11.1 Å². The molecule has 43 heavy (non-hydrogen) atoms. The summed E-state index contributed by atoms with van der Waals surface area (Å²) in [6, 6.07) is 34.2. The van der Waals surface area contributed by atoms with Gasteiger partial charge in [0.2, 0.25) is 0 Å². The van der Waals surface area contributed by atoms with Gasteiger partial charge in [-0.1, -0.05) is 123 Å². The van der Waals surface area contributed by atoms with Crippen molar-refractivity contribution in [2.45, 2.75) is 62.9 Å². The van der Waals surface area contributed by atoms with Gasteiger partial charge in [-0.3, -0.25) is 0 Å². The Morgan fingerprint density at radius 3 is 2.02 bits per heavy atom. The van der Waals surface area contributed by atoms with Gasteiger partial charge in [0.05, 0.1) is 4.90 Å². The van der Waals surface area contributed by atoms with Crippen LogP contribution in [0.1, 0.15) is 56.2 Å². The molecule has 4 aromatic carbocycles. The third kappa shape index (κ3) is 7.05. The normalized spacial score (nSPS) is 17.7. The van der Waals surface area contributed by atoms with Gasteiger partial charge in [0.15, 0.2) is 5.71 Å². The van der Waals surface area contributed by atoms with Crippen molar-refractivity contribution in [2.75, 3.05) is 0 Å². The van der Waals surface area contributed by atoms with E-state index in [4.69, 9.17) is 4.74 Å². The van der Waals surface area contributed by atoms with Crippen LogP contribution >= 0.6 is 0 Å². The smallest absolute Gasteiger partial charge is 0.359 e. The first-order chi connectivity index (χ1) is 20.6. The molecule has 1 saturated carbocycles. The molecule has 0 aliphatic heterocycles. The Balaban J connectivity index is 1.38. The third-order valence-electron chi connectivity index (χ3n) is 8.47. The van der Waals surface area contributed by atoms with Crippen LogP contribution < -0.4 is 4.83 Å². The Morgan fingerprint density at radius 2 is 1.37 bits per heavy atom. The van der Waals surface area contributed by atoms with Gasteiger partial charge < -0.3 is 4.74 Å². The molecule has 6 nitrogen and oxygen atoms in total. The number of sulfonamides is 1. The summed E-state index contributed by atoms with van der Waals surface area (Å²) < 4.78 is 32.2. The molecule has 0 bridgehead atoms. The Kier molecular flexibility index (Phi) is 9.11. The minimum atomic E-state index is -3.99. The van der Waals surface area contributed by atoms with Crippen LogP contribution in [-0.2, 0) is 25.0 Å². The van der Waals surface area contributed by atoms with Crippen LogP contribution in [0.15, 0.2) is 119 Å². The van der Waals surface area contributed by atoms with Crippen molar-refractivity contribution in [1.82, 2.24) is 4.83 Å². The molecule has 0 aromatic heterocycles. The topological polar surface area (TPSA) is 84.8 Å². The van der Waals surface area contributed by atoms with Crippen LogP contribution in [0.2, 0.25) is 0 Å². The summed E-state index contributed by atoms with van der Waals surface area (Å²) in [5.74, 6) is -0.570. The molecule has 1 fully saturated rings. The van der Waals surface area contributed by atoms with E-state index in [2.05, 4.69) is 60.2 Å². The predicted molar refractivity (Wildman–Crippen MR) is 171 cm³/mol. The molecule has 4 aromatic rings. The van der Waals surface area contributed by atoms with E-state index in [1.165, 1.54) is 23.3 Å². The van der Waals surface area contributed by atoms with E-state index < -0.39 is 16.0 Å². The first-order valence-corrected chi connectivity index (χ1v) is 16.2. The second kappa shape index (κ2) is 13.0. The third-order valence-corrected chi connectivity index (χ3v) is 9.70. The van der Waals surface area contributed by atoms with Crippen molar-refractivity contribution in [3.63, 3.8) is 0 Å². The number of aryl methyl sites for hydroxylation is 1. The molecule has 0 unspecified atom stereocenters. The van der Waals surface area contributed by atoms with E-state index in [-0.39, 0.29) is 28.0 Å². The van der Waals surface area contributed by atoms with Crippen LogP contribution in [0.3, 0.4) is 0 Å². The van der Waals surface area contributed by atoms with Crippen molar-refractivity contribution >= 4 is 21.7 Å². The number of ether oxygens (including phenoxy) is 1. The maximum absolute atomic E-state index is 13.7. The van der Waals surface area contributed by atoms with E-state index in [0.29, 0.717) is 5.56 Å². The molecule has 0 radical (unpaired) electrons. The fourth-order valence-electron chi connectivity index (χ4n) is 5.89. The van der Waals surface area contributed by atoms with Gasteiger partial charge in [-0.15, -0.1) is 0 Å². The number of hydrogen-bond acceptors (Lipinski definition) is 5. The predicted octanol–water partition coefficient (Wildman–Crippen LogP) is 7.42. The van der Waals surface area contributed by atoms with Crippen LogP contribution in [0.5, 0.6) is 0 Å². The van der Waals surface area contributed by atoms with Crippen molar-refractivity contribution in [1.29, 1.82) is 0 Å². The Bertz CT molecular complexity index is 1670. The number of hydrogen-bond donors (Lipinski definition) is 1. The first-order valence-electron chi connectivity index (χ1n) is 14.7. The monoisotopic (exact) mass is 594 g/mol. The molecule has 1 aliphatic rings. The largest absolute Gasteiger partial charge is 0.457 e. The second-order valence-electron chi connectivity index (χ2n) is 11.7. The Labute approximate surface area is 254 Å². The lowest BCUT2D eigenvalue weighted by atomic mass is 9.66. The number of benzene rings is 4. The van der Waals surface area contributed by atoms with E-state index in [1.807, 2.05) is 31.2 Å². The highest BCUT2D eigenvalue weighted by Crippen LogP contribution is 2.42. The lowest BCUT2D eigenvalue weighted by molar-refractivity contribution is -0.146. The average molecular weight is 595 g/mol. The van der Waals surface area contributed by atoms with Gasteiger partial charge in [-0.05, 0) is 60.4 Å². The molecule has 222 valence electrons. The van der Waals surface area contributed by atoms with Crippen LogP contribution in [-0.4, -0.2) is 26.2 Å². The summed E-state index contributed by atoms with van der Waals surface area (Å²) in [7, 11) is -3.99. The zero-order valence-electron chi connectivity index (χ0n) is 24.9. The maximum atomic E-state index is 13.7. The molecule has 5 rings (SSSR count). The lowest BCUT2D eigenvalue weighted by Gasteiger charge is -2.42. The molecule has 1 N–H and O–H groups in total. The highest BCUT2D eigenvalue weighted by Gasteiger charge is 2.41. The fraction of sp³-hybridized carbons (Fsp3) is 0.278. The number of esters is 1. The van der Waals surface area contributed by atoms with E-state index in [9.17, 15) is 13.2 Å². The minimum absolute atomic E-state index is 0.0648. The highest BCUT2D eigenvalue weighted by molar-refractivity contribution is 7.89. The standard InChI is InChI=1S/C36H38N2O4S/c1-26-18-24-31(25-19-26)43(40,41)38-37-34(29-14-8-5-9-15-29)35(39)42-33-17-11-10-16-32(33)36(2,3)30-22-20-28(21-23-30)27-12-6-4-7-13-27/h4-9,12-15,18-25,32-33,38H,10-11,16-17H2,1-3H3/b37-34+/t32-,33-/m1/s1. The summed E-state index contributed by atoms with van der Waals surface area (Å²) in [5.41, 5.74) is 4.58. The molecular formula is C36H38N2O4S. The molecule has 7 heteroatoms. The molecule has 2 atom stereocenters. The molecule has 0 spiro atoms. The maximum Gasteiger partial charge on any atom is 0.359 e. The summed E-state index contributed by atoms with van der Waals surface area (Å²) >= 11 is 0. The lowest BCUT2D eigenvalue weighted by Crippen LogP contribution is -2.43. The number of nitrogens with zero attached hydrogens (tertiary/aromatic N) is 1. The Morgan fingerprint density at radius 1 is 0.791 bits per heavy atom. The van der Waals surface area contributed by atoms with Gasteiger partial charge >= 0.3 is 5.97 Å². The SMILES string of the molecule is Cc1ccc(S(=O)(=O)N/N=C(/C(=O)O[C@@H]2CCCC[C@H]2C(C)(C)c2ccc(-c3ccccc3)cc2)c2ccccc2)cc1. The summed E-state index contributed by atoms with van der Waals surface area (Å²) in [6.07, 6.45) is 3.32. The van der Waals surface area contributed by atoms with Crippen LogP contribution in [0, 0.1) is 12.8 Å². The second-order valence-corrected chi connectivity index (χ2v) is 13.4. The van der Waals surface area contributed by atoms with Crippen molar-refractivity contribution in [3.8, 4) is 11.1 Å². The Hall–Kier alpha value is -4.23. The van der Waals surface area contributed by atoms with Crippen LogP contribution in [0.4, 0.5) is 0 Å². The van der Waals surface area contributed by atoms with Gasteiger partial charge in [0.1, 0.15) is 6.10 Å². The van der Waals surface area contributed by atoms with E-state index >= 15 is 0 Å². The van der Waals surface area contributed by atoms with Crippen molar-refractivity contribution in [2.24, 2.45) is 11.0 Å². The average Bonchev–Trinajstić information content (AvgIpc) is 3.02. The fourth-order valence-corrected chi connectivity index (χ4v) is 6.70. The van der Waals surface area contributed by atoms with E-state index in [1.54, 1.807) is 36.4 Å². The number of rotatable bonds is 9. The van der Waals surface area contributed by atoms with Crippen molar-refractivity contribution < 1.29 is 17.9 Å². The molecular weight excluding hydrogens is 556 g/mol. The number of nitrogens with one attached hydrogen (secondary N) is 1. The summed E-state index contributed by atoms with van der Waals surface area (Å²) in [5, 5.41) is 4.12. The minimum Gasteiger partial charge on any atom is -0.457 e. The number of carbonyl (C=O) groups is 1. The molecule has 0 amide bonds. The van der Waals surface area contributed by atoms with Gasteiger partial charge in [-0.2, -0.15) is 18.4 Å².